The van der Waals surface area contributed by atoms with E-state index in [4.69, 9.17) is 4.74 Å². The van der Waals surface area contributed by atoms with Gasteiger partial charge >= 0.3 is 0 Å². The largest absolute Gasteiger partial charge is 0.385 e. The number of Topliss-reactive ketones (excluding diaryl/α,β-unsaturated/α-hetero) is 2. The van der Waals surface area contributed by atoms with Crippen molar-refractivity contribution in [2.45, 2.75) is 72.3 Å². The average molecular weight is 569 g/mol. The van der Waals surface area contributed by atoms with Crippen molar-refractivity contribution in [1.29, 1.82) is 0 Å². The molecule has 0 saturated heterocycles. The Labute approximate surface area is 248 Å². The summed E-state index contributed by atoms with van der Waals surface area (Å²) < 4.78 is 21.6. The Bertz CT molecular complexity index is 1590. The van der Waals surface area contributed by atoms with Crippen molar-refractivity contribution in [3.63, 3.8) is 0 Å². The first-order valence-electron chi connectivity index (χ1n) is 15.1. The number of hydrogen-bond acceptors (Lipinski definition) is 4. The molecule has 1 aromatic heterocycles. The van der Waals surface area contributed by atoms with Gasteiger partial charge in [-0.2, -0.15) is 0 Å². The lowest BCUT2D eigenvalue weighted by Crippen LogP contribution is -2.44. The molecule has 0 bridgehead atoms. The van der Waals surface area contributed by atoms with Gasteiger partial charge in [0.1, 0.15) is 5.82 Å². The highest BCUT2D eigenvalue weighted by Crippen LogP contribution is 2.55. The molecule has 3 aliphatic rings. The number of allylic oxidation sites excluding steroid dienone is 4. The van der Waals surface area contributed by atoms with Crippen molar-refractivity contribution < 1.29 is 18.7 Å². The number of aromatic nitrogens is 1. The van der Waals surface area contributed by atoms with E-state index >= 15 is 0 Å². The fraction of sp³-hybridized carbons (Fsp3) is 0.444. The minimum Gasteiger partial charge on any atom is -0.385 e. The molecular weight excluding hydrogens is 527 g/mol. The normalized spacial score (nSPS) is 20.4. The van der Waals surface area contributed by atoms with E-state index < -0.39 is 5.92 Å². The molecule has 2 heterocycles. The number of rotatable bonds is 7. The van der Waals surface area contributed by atoms with E-state index in [1.807, 2.05) is 18.2 Å². The number of ketones is 2. The highest BCUT2D eigenvalue weighted by atomic mass is 19.1. The Kier molecular flexibility index (Phi) is 7.25. The van der Waals surface area contributed by atoms with E-state index in [0.29, 0.717) is 32.5 Å². The van der Waals surface area contributed by atoms with Crippen LogP contribution in [0.25, 0.3) is 10.9 Å². The standard InChI is InChI=1S/C36H41FN2O3/c1-35(2)17-28-33(30(40)19-35)32(34-29(39(28)14-9-15-42-5)18-36(3,4)20-31(34)41)26-22-38(27-13-7-6-12-25(26)27)21-23-10-8-11-24(37)16-23/h6-8,10-13,16,22,32H,9,14-15,17-21H2,1-5H3. The summed E-state index contributed by atoms with van der Waals surface area (Å²) in [5.74, 6) is -0.414. The number of methoxy groups -OCH3 is 1. The number of halogens is 1. The van der Waals surface area contributed by atoms with Crippen LogP contribution in [-0.4, -0.2) is 41.3 Å². The summed E-state index contributed by atoms with van der Waals surface area (Å²) in [7, 11) is 1.71. The van der Waals surface area contributed by atoms with Gasteiger partial charge in [0.2, 0.25) is 0 Å². The molecule has 2 aliphatic carbocycles. The smallest absolute Gasteiger partial charge is 0.162 e. The number of ether oxygens (including phenoxy) is 1. The lowest BCUT2D eigenvalue weighted by molar-refractivity contribution is -0.119. The maximum Gasteiger partial charge on any atom is 0.162 e. The van der Waals surface area contributed by atoms with E-state index in [1.54, 1.807) is 19.2 Å². The van der Waals surface area contributed by atoms with Gasteiger partial charge in [0.05, 0.1) is 0 Å². The summed E-state index contributed by atoms with van der Waals surface area (Å²) in [5.41, 5.74) is 6.23. The van der Waals surface area contributed by atoms with Crippen LogP contribution in [0.15, 0.2) is 77.3 Å². The molecule has 2 aromatic carbocycles. The third kappa shape index (κ3) is 5.15. The molecule has 6 rings (SSSR count). The van der Waals surface area contributed by atoms with E-state index in [-0.39, 0.29) is 28.2 Å². The van der Waals surface area contributed by atoms with Crippen LogP contribution in [0.3, 0.4) is 0 Å². The molecule has 6 heteroatoms. The van der Waals surface area contributed by atoms with Gasteiger partial charge in [0, 0.05) is 85.2 Å². The molecule has 3 aromatic rings. The van der Waals surface area contributed by atoms with Gasteiger partial charge in [-0.15, -0.1) is 0 Å². The molecule has 0 fully saturated rings. The van der Waals surface area contributed by atoms with Gasteiger partial charge in [0.15, 0.2) is 11.6 Å². The summed E-state index contributed by atoms with van der Waals surface area (Å²) in [6, 6.07) is 14.9. The van der Waals surface area contributed by atoms with E-state index in [0.717, 1.165) is 63.8 Å². The minimum absolute atomic E-state index is 0.133. The number of benzene rings is 2. The van der Waals surface area contributed by atoms with Crippen LogP contribution in [0.4, 0.5) is 4.39 Å². The highest BCUT2D eigenvalue weighted by molar-refractivity contribution is 6.08. The summed E-state index contributed by atoms with van der Waals surface area (Å²) >= 11 is 0. The van der Waals surface area contributed by atoms with Gasteiger partial charge in [0.25, 0.3) is 0 Å². The lowest BCUT2D eigenvalue weighted by atomic mass is 9.63. The molecular formula is C36H41FN2O3. The molecule has 220 valence electrons. The third-order valence-corrected chi connectivity index (χ3v) is 9.12. The van der Waals surface area contributed by atoms with Crippen molar-refractivity contribution in [2.75, 3.05) is 20.3 Å². The van der Waals surface area contributed by atoms with Crippen LogP contribution in [-0.2, 0) is 20.9 Å². The summed E-state index contributed by atoms with van der Waals surface area (Å²) in [4.78, 5) is 30.7. The van der Waals surface area contributed by atoms with Gasteiger partial charge in [-0.3, -0.25) is 9.59 Å². The monoisotopic (exact) mass is 568 g/mol. The van der Waals surface area contributed by atoms with Gasteiger partial charge in [-0.05, 0) is 59.4 Å². The zero-order chi connectivity index (χ0) is 29.8. The summed E-state index contributed by atoms with van der Waals surface area (Å²) in [6.07, 6.45) is 5.40. The maximum absolute atomic E-state index is 14.2. The van der Waals surface area contributed by atoms with E-state index in [2.05, 4.69) is 55.5 Å². The topological polar surface area (TPSA) is 51.5 Å². The fourth-order valence-electron chi connectivity index (χ4n) is 7.46. The Hall–Kier alpha value is -3.51. The molecule has 42 heavy (non-hydrogen) atoms. The molecule has 5 nitrogen and oxygen atoms in total. The molecule has 0 radical (unpaired) electrons. The lowest BCUT2D eigenvalue weighted by Gasteiger charge is -2.49. The summed E-state index contributed by atoms with van der Waals surface area (Å²) in [6.45, 7) is 10.5. The average Bonchev–Trinajstić information content (AvgIpc) is 3.25. The highest BCUT2D eigenvalue weighted by Gasteiger charge is 2.49. The van der Waals surface area contributed by atoms with Crippen LogP contribution >= 0.6 is 0 Å². The Morgan fingerprint density at radius 3 is 2.14 bits per heavy atom. The summed E-state index contributed by atoms with van der Waals surface area (Å²) in [5, 5.41) is 1.03. The number of carbonyl (C=O) groups is 2. The van der Waals surface area contributed by atoms with Crippen molar-refractivity contribution >= 4 is 22.5 Å². The fourth-order valence-corrected chi connectivity index (χ4v) is 7.46. The zero-order valence-corrected chi connectivity index (χ0v) is 25.4. The van der Waals surface area contributed by atoms with Crippen LogP contribution in [0.1, 0.15) is 76.8 Å². The maximum atomic E-state index is 14.2. The first kappa shape index (κ1) is 28.6. The molecule has 0 spiro atoms. The first-order valence-corrected chi connectivity index (χ1v) is 15.1. The number of fused-ring (bicyclic) bond motifs is 1. The first-order chi connectivity index (χ1) is 20.0. The second-order valence-corrected chi connectivity index (χ2v) is 13.9. The number of nitrogens with zero attached hydrogens (tertiary/aromatic N) is 2. The minimum atomic E-state index is -0.417. The Morgan fingerprint density at radius 1 is 0.881 bits per heavy atom. The molecule has 0 atom stereocenters. The van der Waals surface area contributed by atoms with Crippen molar-refractivity contribution in [2.24, 2.45) is 10.8 Å². The quantitative estimate of drug-likeness (QED) is 0.276. The van der Waals surface area contributed by atoms with Crippen LogP contribution in [0, 0.1) is 16.6 Å². The number of carbonyl (C=O) groups excluding carboxylic acids is 2. The van der Waals surface area contributed by atoms with Gasteiger partial charge in [-0.1, -0.05) is 58.0 Å². The SMILES string of the molecule is COCCCN1C2=C(C(=O)CC(C)(C)C2)C(c2cn(Cc3cccc(F)c3)c3ccccc23)C2=C1CC(C)(C)CC2=O. The molecule has 1 aliphatic heterocycles. The van der Waals surface area contributed by atoms with E-state index in [9.17, 15) is 14.0 Å². The molecule has 0 saturated carbocycles. The van der Waals surface area contributed by atoms with Crippen molar-refractivity contribution in [1.82, 2.24) is 9.47 Å². The predicted octanol–water partition coefficient (Wildman–Crippen LogP) is 7.55. The van der Waals surface area contributed by atoms with Crippen LogP contribution in [0.5, 0.6) is 0 Å². The van der Waals surface area contributed by atoms with Crippen LogP contribution in [0.2, 0.25) is 0 Å². The predicted molar refractivity (Wildman–Crippen MR) is 163 cm³/mol. The molecule has 0 unspecified atom stereocenters. The second kappa shape index (κ2) is 10.6. The van der Waals surface area contributed by atoms with Gasteiger partial charge < -0.3 is 14.2 Å². The second-order valence-electron chi connectivity index (χ2n) is 13.9. The van der Waals surface area contributed by atoms with Gasteiger partial charge in [-0.25, -0.2) is 4.39 Å². The van der Waals surface area contributed by atoms with Crippen molar-refractivity contribution in [3.05, 3.63) is 94.2 Å². The number of para-hydroxylation sites is 1. The van der Waals surface area contributed by atoms with Crippen LogP contribution < -0.4 is 0 Å². The molecule has 0 N–H and O–H groups in total. The zero-order valence-electron chi connectivity index (χ0n) is 25.4. The van der Waals surface area contributed by atoms with E-state index in [1.165, 1.54) is 6.07 Å². The van der Waals surface area contributed by atoms with Crippen molar-refractivity contribution in [3.8, 4) is 0 Å². The third-order valence-electron chi connectivity index (χ3n) is 9.12. The number of hydrogen-bond donors (Lipinski definition) is 0. The Balaban J connectivity index is 1.58. The Morgan fingerprint density at radius 2 is 1.52 bits per heavy atom. The molecule has 0 amide bonds.